The number of rotatable bonds is 1. The van der Waals surface area contributed by atoms with Crippen LogP contribution < -0.4 is 0 Å². The zero-order chi connectivity index (χ0) is 12.1. The number of ether oxygens (including phenoxy) is 2. The highest BCUT2D eigenvalue weighted by Gasteiger charge is 2.33. The van der Waals surface area contributed by atoms with Gasteiger partial charge in [-0.15, -0.1) is 0 Å². The minimum Gasteiger partial charge on any atom is -0.462 e. The van der Waals surface area contributed by atoms with Crippen molar-refractivity contribution in [1.29, 1.82) is 0 Å². The van der Waals surface area contributed by atoms with E-state index in [4.69, 9.17) is 4.74 Å². The van der Waals surface area contributed by atoms with E-state index in [1.165, 1.54) is 11.8 Å². The average Bonchev–Trinajstić information content (AvgIpc) is 2.27. The Kier molecular flexibility index (Phi) is 4.28. The standard InChI is InChI=1S/C10H15NO5/c1-7(12)16-8-5-3-4-6-11(8)9(13)10(14)15-2/h8H,3-6H2,1-2H3. The summed E-state index contributed by atoms with van der Waals surface area (Å²) in [6.45, 7) is 1.68. The topological polar surface area (TPSA) is 72.9 Å². The molecule has 0 saturated carbocycles. The van der Waals surface area contributed by atoms with E-state index in [0.29, 0.717) is 13.0 Å². The molecule has 1 saturated heterocycles. The number of piperidine rings is 1. The van der Waals surface area contributed by atoms with Crippen LogP contribution in [0.2, 0.25) is 0 Å². The minimum absolute atomic E-state index is 0.409. The molecule has 1 aliphatic rings. The fourth-order valence-corrected chi connectivity index (χ4v) is 1.65. The van der Waals surface area contributed by atoms with Crippen LogP contribution in [0.15, 0.2) is 0 Å². The second-order valence-corrected chi connectivity index (χ2v) is 3.55. The van der Waals surface area contributed by atoms with E-state index < -0.39 is 24.1 Å². The molecule has 0 aromatic heterocycles. The summed E-state index contributed by atoms with van der Waals surface area (Å²) in [7, 11) is 1.14. The third-order valence-electron chi connectivity index (χ3n) is 2.37. The minimum atomic E-state index is -0.931. The molecule has 1 heterocycles. The predicted octanol–water partition coefficient (Wildman–Crippen LogP) is 0.0611. The summed E-state index contributed by atoms with van der Waals surface area (Å²) in [6, 6.07) is 0. The lowest BCUT2D eigenvalue weighted by Crippen LogP contribution is -2.48. The van der Waals surface area contributed by atoms with Crippen LogP contribution in [0.1, 0.15) is 26.2 Å². The molecule has 6 heteroatoms. The second-order valence-electron chi connectivity index (χ2n) is 3.55. The Morgan fingerprint density at radius 1 is 1.25 bits per heavy atom. The van der Waals surface area contributed by atoms with Gasteiger partial charge in [0.2, 0.25) is 0 Å². The Morgan fingerprint density at radius 2 is 1.94 bits per heavy atom. The van der Waals surface area contributed by atoms with Crippen LogP contribution in [-0.4, -0.2) is 42.6 Å². The summed E-state index contributed by atoms with van der Waals surface area (Å²) >= 11 is 0. The fourth-order valence-electron chi connectivity index (χ4n) is 1.65. The molecule has 0 bridgehead atoms. The van der Waals surface area contributed by atoms with E-state index in [2.05, 4.69) is 4.74 Å². The lowest BCUT2D eigenvalue weighted by molar-refractivity contribution is -0.174. The van der Waals surface area contributed by atoms with Gasteiger partial charge in [-0.25, -0.2) is 4.79 Å². The third kappa shape index (κ3) is 2.95. The van der Waals surface area contributed by atoms with E-state index in [1.807, 2.05) is 0 Å². The SMILES string of the molecule is COC(=O)C(=O)N1CCCCC1OC(C)=O. The number of nitrogens with zero attached hydrogens (tertiary/aromatic N) is 1. The summed E-state index contributed by atoms with van der Waals surface area (Å²) in [5, 5.41) is 0. The van der Waals surface area contributed by atoms with Crippen molar-refractivity contribution >= 4 is 17.8 Å². The lowest BCUT2D eigenvalue weighted by Gasteiger charge is -2.33. The van der Waals surface area contributed by atoms with Gasteiger partial charge in [-0.05, 0) is 12.8 Å². The number of esters is 2. The zero-order valence-corrected chi connectivity index (χ0v) is 9.39. The number of hydrogen-bond donors (Lipinski definition) is 0. The molecule has 1 amide bonds. The lowest BCUT2D eigenvalue weighted by atomic mass is 10.1. The largest absolute Gasteiger partial charge is 0.462 e. The first kappa shape index (κ1) is 12.5. The quantitative estimate of drug-likeness (QED) is 0.469. The summed E-state index contributed by atoms with van der Waals surface area (Å²) in [4.78, 5) is 34.8. The highest BCUT2D eigenvalue weighted by molar-refractivity contribution is 6.32. The molecule has 1 fully saturated rings. The predicted molar refractivity (Wildman–Crippen MR) is 53.1 cm³/mol. The van der Waals surface area contributed by atoms with Gasteiger partial charge in [0.05, 0.1) is 7.11 Å². The van der Waals surface area contributed by atoms with Crippen molar-refractivity contribution in [1.82, 2.24) is 4.90 Å². The molecule has 1 aliphatic heterocycles. The van der Waals surface area contributed by atoms with Crippen molar-refractivity contribution < 1.29 is 23.9 Å². The van der Waals surface area contributed by atoms with Gasteiger partial charge in [-0.2, -0.15) is 0 Å². The Morgan fingerprint density at radius 3 is 2.50 bits per heavy atom. The average molecular weight is 229 g/mol. The summed E-state index contributed by atoms with van der Waals surface area (Å²) in [5.74, 6) is -2.15. The van der Waals surface area contributed by atoms with Crippen LogP contribution >= 0.6 is 0 Å². The first-order valence-electron chi connectivity index (χ1n) is 5.12. The number of carbonyl (C=O) groups excluding carboxylic acids is 3. The molecule has 0 aliphatic carbocycles. The van der Waals surface area contributed by atoms with Crippen LogP contribution in [0.3, 0.4) is 0 Å². The first-order chi connectivity index (χ1) is 7.56. The highest BCUT2D eigenvalue weighted by Crippen LogP contribution is 2.18. The van der Waals surface area contributed by atoms with Crippen LogP contribution in [0, 0.1) is 0 Å². The normalized spacial score (nSPS) is 20.1. The Hall–Kier alpha value is -1.59. The Balaban J connectivity index is 2.69. The molecular weight excluding hydrogens is 214 g/mol. The number of carbonyl (C=O) groups is 3. The van der Waals surface area contributed by atoms with Crippen molar-refractivity contribution in [3.8, 4) is 0 Å². The molecular formula is C10H15NO5. The van der Waals surface area contributed by atoms with Crippen LogP contribution in [0.25, 0.3) is 0 Å². The van der Waals surface area contributed by atoms with Crippen LogP contribution in [0.5, 0.6) is 0 Å². The number of likely N-dealkylation sites (tertiary alicyclic amines) is 1. The van der Waals surface area contributed by atoms with Crippen molar-refractivity contribution in [3.05, 3.63) is 0 Å². The molecule has 0 N–H and O–H groups in total. The van der Waals surface area contributed by atoms with Gasteiger partial charge in [-0.3, -0.25) is 14.5 Å². The molecule has 1 atom stereocenters. The second kappa shape index (κ2) is 5.48. The molecule has 0 aromatic rings. The molecule has 90 valence electrons. The summed E-state index contributed by atoms with van der Waals surface area (Å²) < 4.78 is 9.33. The van der Waals surface area contributed by atoms with Crippen LogP contribution in [-0.2, 0) is 23.9 Å². The summed E-state index contributed by atoms with van der Waals surface area (Å²) in [6.07, 6.45) is 1.57. The van der Waals surface area contributed by atoms with E-state index in [1.54, 1.807) is 0 Å². The first-order valence-corrected chi connectivity index (χ1v) is 5.12. The molecule has 0 radical (unpaired) electrons. The van der Waals surface area contributed by atoms with E-state index in [9.17, 15) is 14.4 Å². The van der Waals surface area contributed by atoms with Crippen molar-refractivity contribution in [2.45, 2.75) is 32.4 Å². The van der Waals surface area contributed by atoms with E-state index in [0.717, 1.165) is 20.0 Å². The fraction of sp³-hybridized carbons (Fsp3) is 0.700. The maximum Gasteiger partial charge on any atom is 0.396 e. The van der Waals surface area contributed by atoms with Gasteiger partial charge in [0.15, 0.2) is 6.23 Å². The van der Waals surface area contributed by atoms with Crippen molar-refractivity contribution in [2.24, 2.45) is 0 Å². The van der Waals surface area contributed by atoms with Crippen LogP contribution in [0.4, 0.5) is 0 Å². The number of methoxy groups -OCH3 is 1. The number of hydrogen-bond acceptors (Lipinski definition) is 5. The Labute approximate surface area is 93.5 Å². The van der Waals surface area contributed by atoms with Gasteiger partial charge in [0.1, 0.15) is 0 Å². The zero-order valence-electron chi connectivity index (χ0n) is 9.39. The van der Waals surface area contributed by atoms with E-state index >= 15 is 0 Å². The molecule has 0 aromatic carbocycles. The molecule has 0 spiro atoms. The smallest absolute Gasteiger partial charge is 0.396 e. The molecule has 1 rings (SSSR count). The van der Waals surface area contributed by atoms with Gasteiger partial charge in [0.25, 0.3) is 0 Å². The highest BCUT2D eigenvalue weighted by atomic mass is 16.6. The van der Waals surface area contributed by atoms with Gasteiger partial charge in [-0.1, -0.05) is 0 Å². The van der Waals surface area contributed by atoms with Crippen molar-refractivity contribution in [2.75, 3.05) is 13.7 Å². The monoisotopic (exact) mass is 229 g/mol. The summed E-state index contributed by atoms with van der Waals surface area (Å²) in [5.41, 5.74) is 0. The molecule has 16 heavy (non-hydrogen) atoms. The van der Waals surface area contributed by atoms with Crippen molar-refractivity contribution in [3.63, 3.8) is 0 Å². The maximum absolute atomic E-state index is 11.6. The Bertz CT molecular complexity index is 302. The van der Waals surface area contributed by atoms with Gasteiger partial charge >= 0.3 is 17.8 Å². The molecule has 1 unspecified atom stereocenters. The van der Waals surface area contributed by atoms with E-state index in [-0.39, 0.29) is 0 Å². The maximum atomic E-state index is 11.6. The van der Waals surface area contributed by atoms with Gasteiger partial charge in [0, 0.05) is 19.9 Å². The molecule has 6 nitrogen and oxygen atoms in total. The van der Waals surface area contributed by atoms with Gasteiger partial charge < -0.3 is 9.47 Å². The number of amides is 1. The third-order valence-corrected chi connectivity index (χ3v) is 2.37.